The maximum atomic E-state index is 12.2. The van der Waals surface area contributed by atoms with Gasteiger partial charge in [0.2, 0.25) is 23.1 Å². The van der Waals surface area contributed by atoms with E-state index in [4.69, 9.17) is 14.6 Å². The Balaban J connectivity index is 3.42. The molecule has 1 rings (SSSR count). The predicted octanol–water partition coefficient (Wildman–Crippen LogP) is 1.38. The van der Waals surface area contributed by atoms with Gasteiger partial charge < -0.3 is 14.6 Å². The topological polar surface area (TPSA) is 89.9 Å². The van der Waals surface area contributed by atoms with Crippen molar-refractivity contribution in [2.24, 2.45) is 0 Å². The normalized spacial score (nSPS) is 16.7. The van der Waals surface area contributed by atoms with Crippen LogP contribution >= 0.6 is 0 Å². The van der Waals surface area contributed by atoms with Crippen LogP contribution in [0, 0.1) is 0 Å². The summed E-state index contributed by atoms with van der Waals surface area (Å²) in [6.07, 6.45) is 1.44. The number of carboxylic acids is 1. The second-order valence-electron chi connectivity index (χ2n) is 4.09. The first-order valence-electron chi connectivity index (χ1n) is 5.95. The van der Waals surface area contributed by atoms with Crippen molar-refractivity contribution in [3.63, 3.8) is 0 Å². The van der Waals surface area contributed by atoms with Crippen molar-refractivity contribution in [1.29, 1.82) is 0 Å². The van der Waals surface area contributed by atoms with Crippen molar-refractivity contribution < 1.29 is 29.0 Å². The van der Waals surface area contributed by atoms with Crippen molar-refractivity contribution in [1.82, 2.24) is 0 Å². The molecule has 0 aromatic carbocycles. The van der Waals surface area contributed by atoms with E-state index < -0.39 is 17.5 Å². The zero-order chi connectivity index (χ0) is 15.4. The van der Waals surface area contributed by atoms with Crippen LogP contribution in [0.3, 0.4) is 0 Å². The van der Waals surface area contributed by atoms with Crippen molar-refractivity contribution in [2.75, 3.05) is 14.2 Å². The minimum atomic E-state index is -1.13. The molecule has 6 heteroatoms. The maximum Gasteiger partial charge on any atom is 0.331 e. The molecule has 0 aromatic rings. The zero-order valence-electron chi connectivity index (χ0n) is 11.8. The zero-order valence-corrected chi connectivity index (χ0v) is 11.8. The lowest BCUT2D eigenvalue weighted by atomic mass is 9.91. The summed E-state index contributed by atoms with van der Waals surface area (Å²) < 4.78 is 9.79. The molecule has 0 fully saturated rings. The Labute approximate surface area is 116 Å². The molecule has 0 aliphatic heterocycles. The fraction of sp³-hybridized carbons (Fsp3) is 0.357. The Morgan fingerprint density at radius 2 is 1.65 bits per heavy atom. The van der Waals surface area contributed by atoms with Crippen LogP contribution in [0.15, 0.2) is 34.3 Å². The lowest BCUT2D eigenvalue weighted by Crippen LogP contribution is -2.24. The fourth-order valence-corrected chi connectivity index (χ4v) is 1.83. The van der Waals surface area contributed by atoms with E-state index in [9.17, 15) is 14.4 Å². The van der Waals surface area contributed by atoms with Crippen LogP contribution < -0.4 is 0 Å². The largest absolute Gasteiger partial charge is 0.489 e. The Morgan fingerprint density at radius 1 is 1.15 bits per heavy atom. The van der Waals surface area contributed by atoms with Gasteiger partial charge in [-0.15, -0.1) is 0 Å². The summed E-state index contributed by atoms with van der Waals surface area (Å²) in [5, 5.41) is 9.01. The summed E-state index contributed by atoms with van der Waals surface area (Å²) >= 11 is 0. The highest BCUT2D eigenvalue weighted by molar-refractivity contribution is 6.24. The summed E-state index contributed by atoms with van der Waals surface area (Å²) in [4.78, 5) is 35.3. The van der Waals surface area contributed by atoms with Crippen LogP contribution in [-0.4, -0.2) is 36.9 Å². The highest BCUT2D eigenvalue weighted by Crippen LogP contribution is 2.27. The quantitative estimate of drug-likeness (QED) is 0.604. The molecule has 0 spiro atoms. The van der Waals surface area contributed by atoms with Crippen LogP contribution in [0.1, 0.15) is 20.3 Å². The van der Waals surface area contributed by atoms with Gasteiger partial charge in [-0.2, -0.15) is 0 Å². The van der Waals surface area contributed by atoms with Gasteiger partial charge in [0.15, 0.2) is 0 Å². The predicted molar refractivity (Wildman–Crippen MR) is 69.8 cm³/mol. The molecule has 0 aromatic heterocycles. The van der Waals surface area contributed by atoms with E-state index in [2.05, 4.69) is 0 Å². The third kappa shape index (κ3) is 2.64. The molecule has 6 nitrogen and oxygen atoms in total. The number of carbonyl (C=O) groups is 3. The Morgan fingerprint density at radius 3 is 2.05 bits per heavy atom. The van der Waals surface area contributed by atoms with Gasteiger partial charge in [-0.1, -0.05) is 6.92 Å². The summed E-state index contributed by atoms with van der Waals surface area (Å²) in [7, 11) is 2.52. The molecule has 1 aliphatic carbocycles. The van der Waals surface area contributed by atoms with Crippen molar-refractivity contribution in [2.45, 2.75) is 20.3 Å². The molecule has 0 bridgehead atoms. The third-order valence-electron chi connectivity index (χ3n) is 2.99. The van der Waals surface area contributed by atoms with Crippen LogP contribution in [0.2, 0.25) is 0 Å². The maximum absolute atomic E-state index is 12.2. The standard InChI is InChI=1S/C14H16O6/c1-5-8(14(17)18)6-9-7(2)10(15)12(19-3)13(20-4)11(9)16/h6H,5H2,1-4H3,(H,17,18). The molecule has 0 atom stereocenters. The number of aliphatic carboxylic acids is 1. The van der Waals surface area contributed by atoms with Gasteiger partial charge in [0.05, 0.1) is 14.2 Å². The van der Waals surface area contributed by atoms with Gasteiger partial charge in [-0.05, 0) is 19.4 Å². The molecule has 20 heavy (non-hydrogen) atoms. The number of carboxylic acid groups (broad SMARTS) is 1. The molecular weight excluding hydrogens is 264 g/mol. The molecule has 1 N–H and O–H groups in total. The van der Waals surface area contributed by atoms with E-state index >= 15 is 0 Å². The number of hydrogen-bond donors (Lipinski definition) is 1. The first-order chi connectivity index (χ1) is 9.38. The van der Waals surface area contributed by atoms with Crippen molar-refractivity contribution >= 4 is 17.5 Å². The number of Topliss-reactive ketones (excluding diaryl/α,β-unsaturated/α-hetero) is 2. The third-order valence-corrected chi connectivity index (χ3v) is 2.99. The summed E-state index contributed by atoms with van der Waals surface area (Å²) in [6, 6.07) is 0. The van der Waals surface area contributed by atoms with Crippen LogP contribution in [0.25, 0.3) is 0 Å². The Hall–Kier alpha value is -2.37. The molecule has 0 heterocycles. The van der Waals surface area contributed by atoms with E-state index in [1.165, 1.54) is 27.2 Å². The first kappa shape index (κ1) is 15.7. The number of allylic oxidation sites excluding steroid dienone is 3. The average Bonchev–Trinajstić information content (AvgIpc) is 2.42. The summed E-state index contributed by atoms with van der Waals surface area (Å²) in [5.74, 6) is -2.56. The Bertz CT molecular complexity index is 562. The number of rotatable bonds is 5. The lowest BCUT2D eigenvalue weighted by molar-refractivity contribution is -0.132. The van der Waals surface area contributed by atoms with Crippen LogP contribution in [0.4, 0.5) is 0 Å². The van der Waals surface area contributed by atoms with E-state index in [-0.39, 0.29) is 34.7 Å². The lowest BCUT2D eigenvalue weighted by Gasteiger charge is -2.18. The molecule has 1 aliphatic rings. The highest BCUT2D eigenvalue weighted by Gasteiger charge is 2.34. The van der Waals surface area contributed by atoms with Gasteiger partial charge in [-0.25, -0.2) is 4.79 Å². The molecule has 0 saturated heterocycles. The van der Waals surface area contributed by atoms with Gasteiger partial charge >= 0.3 is 5.97 Å². The number of methoxy groups -OCH3 is 2. The van der Waals surface area contributed by atoms with E-state index in [1.54, 1.807) is 6.92 Å². The van der Waals surface area contributed by atoms with Gasteiger partial charge in [0.1, 0.15) is 0 Å². The van der Waals surface area contributed by atoms with E-state index in [1.807, 2.05) is 0 Å². The molecule has 0 radical (unpaired) electrons. The molecule has 0 unspecified atom stereocenters. The average molecular weight is 280 g/mol. The van der Waals surface area contributed by atoms with E-state index in [0.717, 1.165) is 0 Å². The van der Waals surface area contributed by atoms with Crippen LogP contribution in [0.5, 0.6) is 0 Å². The number of ketones is 2. The number of ether oxygens (including phenoxy) is 2. The van der Waals surface area contributed by atoms with Gasteiger partial charge in [0, 0.05) is 16.7 Å². The minimum absolute atomic E-state index is 0.0203. The van der Waals surface area contributed by atoms with Crippen molar-refractivity contribution in [3.05, 3.63) is 34.3 Å². The first-order valence-corrected chi connectivity index (χ1v) is 5.95. The smallest absolute Gasteiger partial charge is 0.331 e. The van der Waals surface area contributed by atoms with Crippen LogP contribution in [-0.2, 0) is 23.9 Å². The molecule has 0 saturated carbocycles. The van der Waals surface area contributed by atoms with E-state index in [0.29, 0.717) is 0 Å². The van der Waals surface area contributed by atoms with Gasteiger partial charge in [0.25, 0.3) is 0 Å². The number of carbonyl (C=O) groups excluding carboxylic acids is 2. The monoisotopic (exact) mass is 280 g/mol. The summed E-state index contributed by atoms with van der Waals surface area (Å²) in [5.41, 5.74) is 0.198. The summed E-state index contributed by atoms with van der Waals surface area (Å²) in [6.45, 7) is 3.10. The molecular formula is C14H16O6. The second kappa shape index (κ2) is 6.18. The highest BCUT2D eigenvalue weighted by atomic mass is 16.5. The van der Waals surface area contributed by atoms with Gasteiger partial charge in [-0.3, -0.25) is 9.59 Å². The number of hydrogen-bond acceptors (Lipinski definition) is 5. The Kier molecular flexibility index (Phi) is 4.85. The minimum Gasteiger partial charge on any atom is -0.489 e. The SMILES string of the molecule is CCC(=CC1=C(C)C(=O)C(OC)=C(OC)C1=O)C(=O)O. The fourth-order valence-electron chi connectivity index (χ4n) is 1.83. The molecule has 108 valence electrons. The second-order valence-corrected chi connectivity index (χ2v) is 4.09. The molecule has 0 amide bonds. The van der Waals surface area contributed by atoms with Crippen molar-refractivity contribution in [3.8, 4) is 0 Å².